The number of fused-ring (bicyclic) bond motifs is 1. The molecule has 0 aliphatic carbocycles. The molecule has 0 N–H and O–H groups in total. The first-order valence-electron chi connectivity index (χ1n) is 9.49. The molecule has 0 saturated carbocycles. The summed E-state index contributed by atoms with van der Waals surface area (Å²) in [6.07, 6.45) is 0. The number of para-hydroxylation sites is 1. The first kappa shape index (κ1) is 18.6. The molecule has 5 heteroatoms. The summed E-state index contributed by atoms with van der Waals surface area (Å²) in [4.78, 5) is 23.9. The molecule has 0 aliphatic rings. The van der Waals surface area contributed by atoms with E-state index in [9.17, 15) is 4.79 Å². The van der Waals surface area contributed by atoms with Gasteiger partial charge in [0.05, 0.1) is 23.7 Å². The number of rotatable bonds is 5. The summed E-state index contributed by atoms with van der Waals surface area (Å²) in [7, 11) is 1.37. The van der Waals surface area contributed by atoms with Gasteiger partial charge in [0.1, 0.15) is 5.69 Å². The molecule has 5 nitrogen and oxygen atoms in total. The number of anilines is 2. The van der Waals surface area contributed by atoms with Gasteiger partial charge in [0, 0.05) is 17.8 Å². The molecule has 4 rings (SSSR count). The van der Waals surface area contributed by atoms with Crippen molar-refractivity contribution in [3.63, 3.8) is 0 Å². The van der Waals surface area contributed by atoms with Gasteiger partial charge in [-0.15, -0.1) is 0 Å². The van der Waals surface area contributed by atoms with Crippen molar-refractivity contribution in [1.29, 1.82) is 0 Å². The fourth-order valence-corrected chi connectivity index (χ4v) is 3.33. The van der Waals surface area contributed by atoms with E-state index in [1.165, 1.54) is 7.11 Å². The van der Waals surface area contributed by atoms with E-state index in [0.29, 0.717) is 11.1 Å². The number of nitrogens with zero attached hydrogens (tertiary/aromatic N) is 3. The molecule has 0 fully saturated rings. The van der Waals surface area contributed by atoms with E-state index in [-0.39, 0.29) is 0 Å². The van der Waals surface area contributed by atoms with Crippen molar-refractivity contribution in [2.45, 2.75) is 6.92 Å². The zero-order valence-corrected chi connectivity index (χ0v) is 16.4. The maximum Gasteiger partial charge on any atom is 0.337 e. The third-order valence-corrected chi connectivity index (χ3v) is 4.75. The van der Waals surface area contributed by atoms with Crippen molar-refractivity contribution in [3.8, 4) is 11.3 Å². The fourth-order valence-electron chi connectivity index (χ4n) is 3.33. The molecule has 0 bridgehead atoms. The van der Waals surface area contributed by atoms with Crippen LogP contribution in [0.5, 0.6) is 0 Å². The maximum atomic E-state index is 12.0. The molecule has 0 aliphatic heterocycles. The van der Waals surface area contributed by atoms with Crippen molar-refractivity contribution >= 4 is 28.5 Å². The summed E-state index contributed by atoms with van der Waals surface area (Å²) in [6, 6.07) is 25.4. The zero-order chi connectivity index (χ0) is 20.2. The smallest absolute Gasteiger partial charge is 0.337 e. The summed E-state index contributed by atoms with van der Waals surface area (Å²) in [5.74, 6) is 0.359. The summed E-state index contributed by atoms with van der Waals surface area (Å²) >= 11 is 0. The SMILES string of the molecule is CCN(c1ccccc1)c1nc2cc(C(=O)OC)ccc2nc1-c1ccccc1. The van der Waals surface area contributed by atoms with Gasteiger partial charge in [-0.05, 0) is 37.3 Å². The van der Waals surface area contributed by atoms with Crippen LogP contribution in [0.4, 0.5) is 11.5 Å². The number of aromatic nitrogens is 2. The topological polar surface area (TPSA) is 55.3 Å². The van der Waals surface area contributed by atoms with Gasteiger partial charge in [0.15, 0.2) is 5.82 Å². The van der Waals surface area contributed by atoms with Gasteiger partial charge in [0.2, 0.25) is 0 Å². The Balaban J connectivity index is 1.96. The Hall–Kier alpha value is -3.73. The highest BCUT2D eigenvalue weighted by Crippen LogP contribution is 2.33. The number of carbonyl (C=O) groups excluding carboxylic acids is 1. The molecular formula is C24H21N3O2. The lowest BCUT2D eigenvalue weighted by molar-refractivity contribution is 0.0601. The molecule has 0 radical (unpaired) electrons. The van der Waals surface area contributed by atoms with Gasteiger partial charge in [-0.3, -0.25) is 0 Å². The Labute approximate surface area is 169 Å². The van der Waals surface area contributed by atoms with Crippen LogP contribution in [0.15, 0.2) is 78.9 Å². The second kappa shape index (κ2) is 8.10. The maximum absolute atomic E-state index is 12.0. The van der Waals surface area contributed by atoms with Crippen molar-refractivity contribution in [2.75, 3.05) is 18.6 Å². The number of hydrogen-bond acceptors (Lipinski definition) is 5. The van der Waals surface area contributed by atoms with Gasteiger partial charge >= 0.3 is 5.97 Å². The first-order valence-corrected chi connectivity index (χ1v) is 9.49. The summed E-state index contributed by atoms with van der Waals surface area (Å²) in [5, 5.41) is 0. The van der Waals surface area contributed by atoms with E-state index in [1.54, 1.807) is 12.1 Å². The predicted octanol–water partition coefficient (Wildman–Crippen LogP) is 5.24. The molecule has 0 saturated heterocycles. The third kappa shape index (κ3) is 3.67. The van der Waals surface area contributed by atoms with Gasteiger partial charge < -0.3 is 9.64 Å². The van der Waals surface area contributed by atoms with E-state index < -0.39 is 5.97 Å². The second-order valence-corrected chi connectivity index (χ2v) is 6.54. The van der Waals surface area contributed by atoms with E-state index in [1.807, 2.05) is 54.6 Å². The van der Waals surface area contributed by atoms with Gasteiger partial charge in [-0.2, -0.15) is 0 Å². The van der Waals surface area contributed by atoms with Crippen LogP contribution in [0, 0.1) is 0 Å². The van der Waals surface area contributed by atoms with Gasteiger partial charge in [-0.25, -0.2) is 14.8 Å². The normalized spacial score (nSPS) is 10.7. The summed E-state index contributed by atoms with van der Waals surface area (Å²) < 4.78 is 4.85. The van der Waals surface area contributed by atoms with Crippen LogP contribution in [-0.4, -0.2) is 29.6 Å². The summed E-state index contributed by atoms with van der Waals surface area (Å²) in [6.45, 7) is 2.80. The molecule has 0 spiro atoms. The highest BCUT2D eigenvalue weighted by Gasteiger charge is 2.18. The monoisotopic (exact) mass is 383 g/mol. The van der Waals surface area contributed by atoms with Crippen molar-refractivity contribution in [1.82, 2.24) is 9.97 Å². The van der Waals surface area contributed by atoms with E-state index in [0.717, 1.165) is 34.8 Å². The molecule has 4 aromatic rings. The fraction of sp³-hybridized carbons (Fsp3) is 0.125. The Morgan fingerprint density at radius 2 is 1.59 bits per heavy atom. The number of ether oxygens (including phenoxy) is 1. The minimum Gasteiger partial charge on any atom is -0.465 e. The predicted molar refractivity (Wildman–Crippen MR) is 115 cm³/mol. The lowest BCUT2D eigenvalue weighted by Crippen LogP contribution is -2.19. The molecule has 3 aromatic carbocycles. The Morgan fingerprint density at radius 3 is 2.24 bits per heavy atom. The number of benzene rings is 3. The van der Waals surface area contributed by atoms with Crippen molar-refractivity contribution < 1.29 is 9.53 Å². The molecule has 144 valence electrons. The van der Waals surface area contributed by atoms with Crippen LogP contribution >= 0.6 is 0 Å². The zero-order valence-electron chi connectivity index (χ0n) is 16.4. The van der Waals surface area contributed by atoms with Crippen LogP contribution in [0.25, 0.3) is 22.3 Å². The van der Waals surface area contributed by atoms with Gasteiger partial charge in [0.25, 0.3) is 0 Å². The average Bonchev–Trinajstić information content (AvgIpc) is 2.79. The van der Waals surface area contributed by atoms with Crippen molar-refractivity contribution in [3.05, 3.63) is 84.4 Å². The van der Waals surface area contributed by atoms with Crippen LogP contribution < -0.4 is 4.90 Å². The average molecular weight is 383 g/mol. The Bertz CT molecular complexity index is 1140. The third-order valence-electron chi connectivity index (χ3n) is 4.75. The van der Waals surface area contributed by atoms with Crippen LogP contribution in [-0.2, 0) is 4.74 Å². The molecule has 0 amide bonds. The lowest BCUT2D eigenvalue weighted by atomic mass is 10.1. The molecule has 29 heavy (non-hydrogen) atoms. The Kier molecular flexibility index (Phi) is 5.20. The highest BCUT2D eigenvalue weighted by molar-refractivity contribution is 5.94. The standard InChI is InChI=1S/C24H21N3O2/c1-3-27(19-12-8-5-9-13-19)23-22(17-10-6-4-7-11-17)25-20-15-14-18(24(28)29-2)16-21(20)26-23/h4-16H,3H2,1-2H3. The van der Waals surface area contributed by atoms with Crippen molar-refractivity contribution in [2.24, 2.45) is 0 Å². The first-order chi connectivity index (χ1) is 14.2. The molecule has 0 unspecified atom stereocenters. The van der Waals surface area contributed by atoms with Crippen LogP contribution in [0.1, 0.15) is 17.3 Å². The minimum absolute atomic E-state index is 0.391. The van der Waals surface area contributed by atoms with Gasteiger partial charge in [-0.1, -0.05) is 48.5 Å². The number of esters is 1. The number of hydrogen-bond donors (Lipinski definition) is 0. The van der Waals surface area contributed by atoms with E-state index in [2.05, 4.69) is 24.0 Å². The summed E-state index contributed by atoms with van der Waals surface area (Å²) in [5.41, 5.74) is 4.65. The lowest BCUT2D eigenvalue weighted by Gasteiger charge is -2.24. The molecule has 1 heterocycles. The molecular weight excluding hydrogens is 362 g/mol. The largest absolute Gasteiger partial charge is 0.465 e. The number of methoxy groups -OCH3 is 1. The van der Waals surface area contributed by atoms with E-state index in [4.69, 9.17) is 14.7 Å². The van der Waals surface area contributed by atoms with Crippen LogP contribution in [0.2, 0.25) is 0 Å². The highest BCUT2D eigenvalue weighted by atomic mass is 16.5. The second-order valence-electron chi connectivity index (χ2n) is 6.54. The molecule has 0 atom stereocenters. The van der Waals surface area contributed by atoms with Crippen LogP contribution in [0.3, 0.4) is 0 Å². The number of carbonyl (C=O) groups is 1. The minimum atomic E-state index is -0.391. The Morgan fingerprint density at radius 1 is 0.897 bits per heavy atom. The molecule has 1 aromatic heterocycles. The van der Waals surface area contributed by atoms with E-state index >= 15 is 0 Å². The quantitative estimate of drug-likeness (QED) is 0.441.